The highest BCUT2D eigenvalue weighted by atomic mass is 35.5. The van der Waals surface area contributed by atoms with Crippen LogP contribution < -0.4 is 0 Å². The molecular weight excluding hydrogens is 260 g/mol. The summed E-state index contributed by atoms with van der Waals surface area (Å²) >= 11 is 5.89. The summed E-state index contributed by atoms with van der Waals surface area (Å²) in [6.07, 6.45) is 3.46. The van der Waals surface area contributed by atoms with Crippen LogP contribution in [0.3, 0.4) is 0 Å². The lowest BCUT2D eigenvalue weighted by atomic mass is 10.2. The average Bonchev–Trinajstić information content (AvgIpc) is 2.83. The van der Waals surface area contributed by atoms with Crippen molar-refractivity contribution >= 4 is 11.6 Å². The Balaban J connectivity index is 2.05. The Morgan fingerprint density at radius 1 is 0.947 bits per heavy atom. The van der Waals surface area contributed by atoms with Crippen LogP contribution in [0.2, 0.25) is 5.02 Å². The Labute approximate surface area is 115 Å². The van der Waals surface area contributed by atoms with Gasteiger partial charge in [0.25, 0.3) is 0 Å². The highest BCUT2D eigenvalue weighted by Crippen LogP contribution is 2.22. The van der Waals surface area contributed by atoms with E-state index in [1.165, 1.54) is 0 Å². The van der Waals surface area contributed by atoms with Crippen LogP contribution in [0, 0.1) is 0 Å². The first-order chi connectivity index (χ1) is 9.24. The molecular formula is C14H11ClN4. The fourth-order valence-electron chi connectivity index (χ4n) is 1.86. The zero-order valence-electron chi connectivity index (χ0n) is 10.3. The summed E-state index contributed by atoms with van der Waals surface area (Å²) in [5.41, 5.74) is 1.94. The molecule has 19 heavy (non-hydrogen) atoms. The summed E-state index contributed by atoms with van der Waals surface area (Å²) in [4.78, 5) is 8.55. The van der Waals surface area contributed by atoms with E-state index in [-0.39, 0.29) is 0 Å². The van der Waals surface area contributed by atoms with Gasteiger partial charge in [0.15, 0.2) is 11.6 Å². The van der Waals surface area contributed by atoms with Crippen LogP contribution in [-0.4, -0.2) is 19.7 Å². The third-order valence-electron chi connectivity index (χ3n) is 2.80. The molecule has 5 heteroatoms. The van der Waals surface area contributed by atoms with Crippen molar-refractivity contribution in [2.24, 2.45) is 7.05 Å². The van der Waals surface area contributed by atoms with Crippen molar-refractivity contribution in [3.63, 3.8) is 0 Å². The van der Waals surface area contributed by atoms with E-state index >= 15 is 0 Å². The van der Waals surface area contributed by atoms with Crippen molar-refractivity contribution in [2.75, 3.05) is 0 Å². The maximum Gasteiger partial charge on any atom is 0.181 e. The molecule has 0 aliphatic rings. The van der Waals surface area contributed by atoms with Gasteiger partial charge < -0.3 is 0 Å². The van der Waals surface area contributed by atoms with E-state index in [2.05, 4.69) is 15.1 Å². The lowest BCUT2D eigenvalue weighted by Gasteiger charge is -1.99. The summed E-state index contributed by atoms with van der Waals surface area (Å²) in [5, 5.41) is 5.13. The van der Waals surface area contributed by atoms with Gasteiger partial charge in [-0.05, 0) is 36.4 Å². The quantitative estimate of drug-likeness (QED) is 0.718. The highest BCUT2D eigenvalue weighted by molar-refractivity contribution is 6.30. The maximum absolute atomic E-state index is 5.89. The second-order valence-electron chi connectivity index (χ2n) is 4.13. The van der Waals surface area contributed by atoms with E-state index in [1.54, 1.807) is 17.1 Å². The fourth-order valence-corrected chi connectivity index (χ4v) is 1.98. The summed E-state index contributed by atoms with van der Waals surface area (Å²) < 4.78 is 1.76. The molecule has 0 aliphatic carbocycles. The first-order valence-electron chi connectivity index (χ1n) is 5.81. The van der Waals surface area contributed by atoms with Crippen molar-refractivity contribution < 1.29 is 0 Å². The van der Waals surface area contributed by atoms with E-state index in [1.807, 2.05) is 43.4 Å². The molecule has 2 heterocycles. The molecule has 0 amide bonds. The lowest BCUT2D eigenvalue weighted by molar-refractivity contribution is 0.777. The van der Waals surface area contributed by atoms with E-state index in [0.717, 1.165) is 17.0 Å². The summed E-state index contributed by atoms with van der Waals surface area (Å²) in [5.74, 6) is 1.50. The van der Waals surface area contributed by atoms with Gasteiger partial charge in [0, 0.05) is 35.6 Å². The van der Waals surface area contributed by atoms with Gasteiger partial charge in [0.2, 0.25) is 0 Å². The largest absolute Gasteiger partial charge is 0.265 e. The number of benzene rings is 1. The highest BCUT2D eigenvalue weighted by Gasteiger charge is 2.10. The van der Waals surface area contributed by atoms with Crippen molar-refractivity contribution in [1.29, 1.82) is 0 Å². The molecule has 0 N–H and O–H groups in total. The van der Waals surface area contributed by atoms with Crippen LogP contribution >= 0.6 is 11.6 Å². The zero-order chi connectivity index (χ0) is 13.2. The number of hydrogen-bond acceptors (Lipinski definition) is 3. The first-order valence-corrected chi connectivity index (χ1v) is 6.19. The number of nitrogens with zero attached hydrogens (tertiary/aromatic N) is 4. The van der Waals surface area contributed by atoms with Crippen LogP contribution in [0.5, 0.6) is 0 Å². The van der Waals surface area contributed by atoms with Crippen molar-refractivity contribution in [3.05, 3.63) is 53.8 Å². The number of pyridine rings is 1. The summed E-state index contributed by atoms with van der Waals surface area (Å²) in [6.45, 7) is 0. The fraction of sp³-hybridized carbons (Fsp3) is 0.0714. The van der Waals surface area contributed by atoms with E-state index < -0.39 is 0 Å². The maximum atomic E-state index is 5.89. The van der Waals surface area contributed by atoms with Crippen LogP contribution in [0.15, 0.2) is 48.8 Å². The minimum Gasteiger partial charge on any atom is -0.265 e. The standard InChI is InChI=1S/C14H11ClN4/c1-19-14(11-2-4-12(15)5-3-11)17-13(18-19)10-6-8-16-9-7-10/h2-9H,1H3. The first kappa shape index (κ1) is 11.9. The molecule has 3 aromatic rings. The molecule has 3 rings (SSSR count). The van der Waals surface area contributed by atoms with Crippen LogP contribution in [0.1, 0.15) is 0 Å². The van der Waals surface area contributed by atoms with Gasteiger partial charge in [-0.2, -0.15) is 5.10 Å². The molecule has 0 aliphatic heterocycles. The Hall–Kier alpha value is -2.20. The van der Waals surface area contributed by atoms with Gasteiger partial charge >= 0.3 is 0 Å². The van der Waals surface area contributed by atoms with E-state index in [9.17, 15) is 0 Å². The molecule has 0 bridgehead atoms. The Bertz CT molecular complexity index is 689. The van der Waals surface area contributed by atoms with Gasteiger partial charge in [0.1, 0.15) is 0 Å². The van der Waals surface area contributed by atoms with Gasteiger partial charge in [-0.1, -0.05) is 11.6 Å². The molecule has 0 saturated heterocycles. The zero-order valence-corrected chi connectivity index (χ0v) is 11.0. The van der Waals surface area contributed by atoms with E-state index in [4.69, 9.17) is 11.6 Å². The van der Waals surface area contributed by atoms with Crippen molar-refractivity contribution in [3.8, 4) is 22.8 Å². The van der Waals surface area contributed by atoms with Crippen LogP contribution in [-0.2, 0) is 7.05 Å². The smallest absolute Gasteiger partial charge is 0.181 e. The number of hydrogen-bond donors (Lipinski definition) is 0. The molecule has 0 fully saturated rings. The van der Waals surface area contributed by atoms with Crippen LogP contribution in [0.4, 0.5) is 0 Å². The third kappa shape index (κ3) is 2.35. The molecule has 0 saturated carbocycles. The van der Waals surface area contributed by atoms with Gasteiger partial charge in [-0.3, -0.25) is 4.98 Å². The van der Waals surface area contributed by atoms with E-state index in [0.29, 0.717) is 10.8 Å². The summed E-state index contributed by atoms with van der Waals surface area (Å²) in [6, 6.07) is 11.3. The number of rotatable bonds is 2. The number of aromatic nitrogens is 4. The second kappa shape index (κ2) is 4.82. The third-order valence-corrected chi connectivity index (χ3v) is 3.06. The Morgan fingerprint density at radius 2 is 1.63 bits per heavy atom. The van der Waals surface area contributed by atoms with Crippen molar-refractivity contribution in [2.45, 2.75) is 0 Å². The Kier molecular flexibility index (Phi) is 3.01. The van der Waals surface area contributed by atoms with Crippen molar-refractivity contribution in [1.82, 2.24) is 19.7 Å². The molecule has 1 aromatic carbocycles. The topological polar surface area (TPSA) is 43.6 Å². The Morgan fingerprint density at radius 3 is 2.32 bits per heavy atom. The lowest BCUT2D eigenvalue weighted by Crippen LogP contribution is -1.94. The molecule has 0 unspecified atom stereocenters. The minimum atomic E-state index is 0.690. The predicted molar refractivity (Wildman–Crippen MR) is 74.7 cm³/mol. The molecule has 0 atom stereocenters. The van der Waals surface area contributed by atoms with Gasteiger partial charge in [-0.15, -0.1) is 0 Å². The number of aryl methyl sites for hydroxylation is 1. The predicted octanol–water partition coefficient (Wildman–Crippen LogP) is 3.20. The van der Waals surface area contributed by atoms with Crippen LogP contribution in [0.25, 0.3) is 22.8 Å². The SMILES string of the molecule is Cn1nc(-c2ccncc2)nc1-c1ccc(Cl)cc1. The molecule has 0 radical (unpaired) electrons. The minimum absolute atomic E-state index is 0.690. The molecule has 2 aromatic heterocycles. The van der Waals surface area contributed by atoms with Gasteiger partial charge in [0.05, 0.1) is 0 Å². The molecule has 94 valence electrons. The normalized spacial score (nSPS) is 10.6. The second-order valence-corrected chi connectivity index (χ2v) is 4.56. The average molecular weight is 271 g/mol. The van der Waals surface area contributed by atoms with Gasteiger partial charge in [-0.25, -0.2) is 9.67 Å². The molecule has 0 spiro atoms. The monoisotopic (exact) mass is 270 g/mol. The summed E-state index contributed by atoms with van der Waals surface area (Å²) in [7, 11) is 1.88. The molecule has 4 nitrogen and oxygen atoms in total. The number of halogens is 1.